The number of benzene rings is 2. The fourth-order valence-corrected chi connectivity index (χ4v) is 5.08. The van der Waals surface area contributed by atoms with Gasteiger partial charge in [-0.25, -0.2) is 8.78 Å². The molecule has 0 radical (unpaired) electrons. The van der Waals surface area contributed by atoms with Gasteiger partial charge in [0.2, 0.25) is 5.91 Å². The van der Waals surface area contributed by atoms with Gasteiger partial charge < -0.3 is 25.3 Å². The van der Waals surface area contributed by atoms with Crippen molar-refractivity contribution in [2.75, 3.05) is 13.2 Å². The van der Waals surface area contributed by atoms with Gasteiger partial charge >= 0.3 is 0 Å². The maximum atomic E-state index is 14.7. The molecule has 5 rings (SSSR count). The summed E-state index contributed by atoms with van der Waals surface area (Å²) in [6.07, 6.45) is 5.43. The number of nitrogens with one attached hydrogen (secondary N) is 2. The van der Waals surface area contributed by atoms with Crippen LogP contribution in [0, 0.1) is 35.3 Å². The minimum Gasteiger partial charge on any atom is -0.490 e. The van der Waals surface area contributed by atoms with E-state index in [1.54, 1.807) is 43.7 Å². The van der Waals surface area contributed by atoms with E-state index in [0.717, 1.165) is 37.6 Å². The number of ether oxygens (including phenoxy) is 1. The summed E-state index contributed by atoms with van der Waals surface area (Å²) in [5.74, 6) is 9.08. The maximum absolute atomic E-state index is 14.7. The van der Waals surface area contributed by atoms with Crippen LogP contribution >= 0.6 is 0 Å². The number of H-pyrrole nitrogens is 1. The number of hydrogen-bond donors (Lipinski definition) is 3. The van der Waals surface area contributed by atoms with E-state index in [2.05, 4.69) is 34.0 Å². The number of hydrogen-bond acceptors (Lipinski definition) is 4. The van der Waals surface area contributed by atoms with Crippen LogP contribution in [-0.2, 0) is 7.05 Å². The van der Waals surface area contributed by atoms with Crippen LogP contribution in [0.1, 0.15) is 52.2 Å². The molecule has 3 heterocycles. The first-order valence-corrected chi connectivity index (χ1v) is 13.2. The number of halogens is 2. The molecule has 1 saturated heterocycles. The lowest BCUT2D eigenvalue weighted by Crippen LogP contribution is -2.28. The van der Waals surface area contributed by atoms with E-state index in [4.69, 9.17) is 10.5 Å². The molecule has 0 saturated carbocycles. The third-order valence-electron chi connectivity index (χ3n) is 7.18. The van der Waals surface area contributed by atoms with Gasteiger partial charge in [-0.2, -0.15) is 0 Å². The molecule has 2 atom stereocenters. The normalized spacial score (nSPS) is 15.0. The first-order valence-electron chi connectivity index (χ1n) is 13.2. The minimum atomic E-state index is -0.816. The average molecular weight is 555 g/mol. The summed E-state index contributed by atoms with van der Waals surface area (Å²) in [7, 11) is 1.59. The van der Waals surface area contributed by atoms with E-state index in [0.29, 0.717) is 28.8 Å². The average Bonchev–Trinajstić information content (AvgIpc) is 3.66. The van der Waals surface area contributed by atoms with Gasteiger partial charge in [0.05, 0.1) is 11.1 Å². The van der Waals surface area contributed by atoms with E-state index in [-0.39, 0.29) is 34.7 Å². The zero-order valence-electron chi connectivity index (χ0n) is 22.4. The number of aromatic nitrogens is 2. The van der Waals surface area contributed by atoms with Crippen LogP contribution < -0.4 is 21.3 Å². The first-order chi connectivity index (χ1) is 19.8. The molecule has 7 nitrogen and oxygen atoms in total. The number of rotatable bonds is 7. The first kappa shape index (κ1) is 27.7. The van der Waals surface area contributed by atoms with Crippen LogP contribution in [-0.4, -0.2) is 34.7 Å². The van der Waals surface area contributed by atoms with Gasteiger partial charge in [0.1, 0.15) is 24.0 Å². The molecule has 2 aromatic heterocycles. The van der Waals surface area contributed by atoms with Gasteiger partial charge in [-0.3, -0.25) is 9.59 Å². The molecule has 2 aromatic carbocycles. The number of carbonyl (C=O) groups is 1. The van der Waals surface area contributed by atoms with E-state index in [1.165, 1.54) is 4.57 Å². The Hall–Kier alpha value is -4.86. The van der Waals surface area contributed by atoms with Crippen molar-refractivity contribution in [2.24, 2.45) is 12.8 Å². The van der Waals surface area contributed by atoms with Crippen molar-refractivity contribution in [3.8, 4) is 29.4 Å². The number of pyridine rings is 1. The molecule has 9 heteroatoms. The van der Waals surface area contributed by atoms with Crippen LogP contribution in [0.3, 0.4) is 0 Å². The van der Waals surface area contributed by atoms with Crippen molar-refractivity contribution in [3.05, 3.63) is 99.1 Å². The molecule has 1 unspecified atom stereocenters. The van der Waals surface area contributed by atoms with E-state index < -0.39 is 23.5 Å². The summed E-state index contributed by atoms with van der Waals surface area (Å²) >= 11 is 0. The predicted octanol–water partition coefficient (Wildman–Crippen LogP) is 3.95. The fourth-order valence-electron chi connectivity index (χ4n) is 5.08. The molecule has 1 amide bonds. The summed E-state index contributed by atoms with van der Waals surface area (Å²) in [4.78, 5) is 28.3. The molecule has 208 valence electrons. The lowest BCUT2D eigenvalue weighted by molar-refractivity contribution is 0.0999. The summed E-state index contributed by atoms with van der Waals surface area (Å²) in [6.45, 7) is 1.41. The van der Waals surface area contributed by atoms with Gasteiger partial charge in [-0.15, -0.1) is 0 Å². The monoisotopic (exact) mass is 554 g/mol. The lowest BCUT2D eigenvalue weighted by atomic mass is 9.89. The minimum absolute atomic E-state index is 0.0124. The van der Waals surface area contributed by atoms with Crippen LogP contribution in [0.5, 0.6) is 5.75 Å². The molecule has 4 aromatic rings. The highest BCUT2D eigenvalue weighted by Crippen LogP contribution is 2.31. The lowest BCUT2D eigenvalue weighted by Gasteiger charge is -2.16. The Kier molecular flexibility index (Phi) is 8.19. The van der Waals surface area contributed by atoms with E-state index >= 15 is 0 Å². The predicted molar refractivity (Wildman–Crippen MR) is 152 cm³/mol. The Morgan fingerprint density at radius 3 is 2.83 bits per heavy atom. The highest BCUT2D eigenvalue weighted by atomic mass is 19.1. The van der Waals surface area contributed by atoms with Gasteiger partial charge in [0, 0.05) is 54.3 Å². The van der Waals surface area contributed by atoms with Crippen molar-refractivity contribution in [1.29, 1.82) is 0 Å². The van der Waals surface area contributed by atoms with E-state index in [1.807, 2.05) is 0 Å². The number of amides is 1. The second kappa shape index (κ2) is 12.1. The van der Waals surface area contributed by atoms with Crippen LogP contribution in [0.4, 0.5) is 8.78 Å². The highest BCUT2D eigenvalue weighted by Gasteiger charge is 2.22. The quantitative estimate of drug-likeness (QED) is 0.301. The molecule has 1 aliphatic rings. The smallest absolute Gasteiger partial charge is 0.254 e. The molecular weight excluding hydrogens is 526 g/mol. The van der Waals surface area contributed by atoms with Gasteiger partial charge in [-0.1, -0.05) is 17.9 Å². The molecule has 0 spiro atoms. The number of carbonyl (C=O) groups excluding carboxylic acids is 1. The van der Waals surface area contributed by atoms with Crippen molar-refractivity contribution in [3.63, 3.8) is 0 Å². The Labute approximate surface area is 235 Å². The van der Waals surface area contributed by atoms with Crippen molar-refractivity contribution < 1.29 is 18.3 Å². The van der Waals surface area contributed by atoms with Crippen molar-refractivity contribution >= 4 is 16.8 Å². The third-order valence-corrected chi connectivity index (χ3v) is 7.18. The third kappa shape index (κ3) is 6.01. The second-order valence-electron chi connectivity index (χ2n) is 9.89. The molecule has 41 heavy (non-hydrogen) atoms. The number of fused-ring (bicyclic) bond motifs is 1. The summed E-state index contributed by atoms with van der Waals surface area (Å²) in [5, 5.41) is 4.04. The van der Waals surface area contributed by atoms with Crippen LogP contribution in [0.15, 0.2) is 59.7 Å². The van der Waals surface area contributed by atoms with Gasteiger partial charge in [0.15, 0.2) is 0 Å². The Balaban J connectivity index is 1.46. The van der Waals surface area contributed by atoms with Crippen molar-refractivity contribution in [2.45, 2.75) is 31.2 Å². The van der Waals surface area contributed by atoms with E-state index in [9.17, 15) is 18.4 Å². The van der Waals surface area contributed by atoms with Crippen molar-refractivity contribution in [1.82, 2.24) is 14.9 Å². The topological polar surface area (TPSA) is 102 Å². The zero-order chi connectivity index (χ0) is 28.9. The molecule has 0 bridgehead atoms. The number of primary amides is 1. The largest absolute Gasteiger partial charge is 0.490 e. The highest BCUT2D eigenvalue weighted by molar-refractivity contribution is 6.04. The number of aromatic amines is 1. The molecule has 4 N–H and O–H groups in total. The maximum Gasteiger partial charge on any atom is 0.254 e. The summed E-state index contributed by atoms with van der Waals surface area (Å²) in [6, 6.07) is 9.99. The Morgan fingerprint density at radius 1 is 1.20 bits per heavy atom. The zero-order valence-corrected chi connectivity index (χ0v) is 22.4. The molecule has 1 fully saturated rings. The van der Waals surface area contributed by atoms with Crippen LogP contribution in [0.2, 0.25) is 0 Å². The molecule has 0 aliphatic carbocycles. The fraction of sp³-hybridized carbons (Fsp3) is 0.250. The second-order valence-corrected chi connectivity index (χ2v) is 9.89. The van der Waals surface area contributed by atoms with Crippen LogP contribution in [0.25, 0.3) is 10.9 Å². The Bertz CT molecular complexity index is 1800. The summed E-state index contributed by atoms with van der Waals surface area (Å²) < 4.78 is 36.2. The van der Waals surface area contributed by atoms with Gasteiger partial charge in [-0.05, 0) is 73.2 Å². The number of aryl methyl sites for hydroxylation is 1. The SMILES string of the molecule is Cn1cccc(C(CC#CC#Cc2c(C(N)=O)cc(OC[C@H]3CCCN3)c3[nH]ccc23)c2cc(F)ccc2F)c1=O. The molecule has 1 aliphatic heterocycles. The standard InChI is InChI=1S/C32H28F2N4O3/c1-38-16-6-10-25(32(38)40)23(26-17-20(33)11-12-28(26)34)9-4-2-3-8-22-24-13-15-37-30(24)29(18-27(22)31(35)39)41-19-21-7-5-14-36-21/h6,10-13,15-18,21,23,36-37H,5,7,9,14,19H2,1H3,(H2,35,39)/t21-,23?/m1/s1. The molecular formula is C32H28F2N4O3. The number of nitrogens with two attached hydrogens (primary N) is 1. The summed E-state index contributed by atoms with van der Waals surface area (Å²) in [5.41, 5.74) is 6.97. The van der Waals surface area contributed by atoms with Gasteiger partial charge in [0.25, 0.3) is 5.56 Å². The number of nitrogens with zero attached hydrogens (tertiary/aromatic N) is 1. The Morgan fingerprint density at radius 2 is 2.05 bits per heavy atom.